The number of benzene rings is 1. The van der Waals surface area contributed by atoms with Crippen LogP contribution in [-0.4, -0.2) is 24.3 Å². The van der Waals surface area contributed by atoms with Crippen molar-refractivity contribution in [3.05, 3.63) is 28.8 Å². The second kappa shape index (κ2) is 7.29. The molecule has 0 saturated carbocycles. The van der Waals surface area contributed by atoms with Crippen LogP contribution >= 0.6 is 11.6 Å². The van der Waals surface area contributed by atoms with E-state index in [0.717, 1.165) is 5.56 Å². The highest BCUT2D eigenvalue weighted by Gasteiger charge is 2.20. The van der Waals surface area contributed by atoms with Gasteiger partial charge in [-0.3, -0.25) is 9.59 Å². The molecule has 0 aromatic heterocycles. The zero-order valence-electron chi connectivity index (χ0n) is 12.2. The molecule has 110 valence electrons. The van der Waals surface area contributed by atoms with Crippen LogP contribution in [0.5, 0.6) is 5.75 Å². The lowest BCUT2D eigenvalue weighted by Gasteiger charge is -2.19. The minimum Gasteiger partial charge on any atom is -0.482 e. The lowest BCUT2D eigenvalue weighted by atomic mass is 10.0. The minimum absolute atomic E-state index is 0.0411. The van der Waals surface area contributed by atoms with Crippen molar-refractivity contribution < 1.29 is 14.3 Å². The number of hydrogen-bond donors (Lipinski definition) is 1. The maximum atomic E-state index is 11.8. The maximum absolute atomic E-state index is 11.8. The molecule has 0 aliphatic heterocycles. The summed E-state index contributed by atoms with van der Waals surface area (Å²) in [5.74, 6) is 0.0908. The highest BCUT2D eigenvalue weighted by molar-refractivity contribution is 6.32. The largest absolute Gasteiger partial charge is 0.482 e. The van der Waals surface area contributed by atoms with Gasteiger partial charge in [0.15, 0.2) is 12.4 Å². The van der Waals surface area contributed by atoms with Crippen molar-refractivity contribution in [1.82, 2.24) is 5.32 Å². The second-order valence-corrected chi connectivity index (χ2v) is 5.53. The topological polar surface area (TPSA) is 55.4 Å². The zero-order valence-corrected chi connectivity index (χ0v) is 13.0. The van der Waals surface area contributed by atoms with E-state index in [4.69, 9.17) is 16.3 Å². The number of carbonyl (C=O) groups excluding carboxylic acids is 2. The minimum atomic E-state index is -0.486. The quantitative estimate of drug-likeness (QED) is 0.878. The van der Waals surface area contributed by atoms with Gasteiger partial charge in [0.05, 0.1) is 11.1 Å². The smallest absolute Gasteiger partial charge is 0.258 e. The molecule has 0 heterocycles. The summed E-state index contributed by atoms with van der Waals surface area (Å²) < 4.78 is 5.36. The van der Waals surface area contributed by atoms with Crippen molar-refractivity contribution in [3.63, 3.8) is 0 Å². The molecular weight excluding hydrogens is 278 g/mol. The third-order valence-electron chi connectivity index (χ3n) is 2.87. The van der Waals surface area contributed by atoms with Crippen molar-refractivity contribution in [2.24, 2.45) is 5.92 Å². The molecule has 1 unspecified atom stereocenters. The number of nitrogens with one attached hydrogen (secondary N) is 1. The predicted molar refractivity (Wildman–Crippen MR) is 79.1 cm³/mol. The summed E-state index contributed by atoms with van der Waals surface area (Å²) in [5.41, 5.74) is 1.02. The van der Waals surface area contributed by atoms with Gasteiger partial charge in [-0.25, -0.2) is 0 Å². The van der Waals surface area contributed by atoms with Gasteiger partial charge in [0, 0.05) is 0 Å². The Bertz CT molecular complexity index is 500. The first-order valence-corrected chi connectivity index (χ1v) is 6.87. The van der Waals surface area contributed by atoms with Crippen LogP contribution < -0.4 is 10.1 Å². The molecule has 1 aromatic rings. The van der Waals surface area contributed by atoms with Gasteiger partial charge in [0.1, 0.15) is 5.75 Å². The van der Waals surface area contributed by atoms with E-state index in [2.05, 4.69) is 5.32 Å². The van der Waals surface area contributed by atoms with Crippen molar-refractivity contribution in [2.75, 3.05) is 6.61 Å². The van der Waals surface area contributed by atoms with Crippen LogP contribution in [0.3, 0.4) is 0 Å². The Kier molecular flexibility index (Phi) is 6.02. The highest BCUT2D eigenvalue weighted by atomic mass is 35.5. The van der Waals surface area contributed by atoms with Crippen molar-refractivity contribution in [1.29, 1.82) is 0 Å². The van der Waals surface area contributed by atoms with Crippen LogP contribution in [0.4, 0.5) is 0 Å². The van der Waals surface area contributed by atoms with Gasteiger partial charge in [0.25, 0.3) is 5.91 Å². The molecule has 0 aliphatic carbocycles. The molecule has 0 bridgehead atoms. The van der Waals surface area contributed by atoms with Crippen molar-refractivity contribution in [2.45, 2.75) is 33.7 Å². The predicted octanol–water partition coefficient (Wildman–Crippen LogP) is 2.76. The fraction of sp³-hybridized carbons (Fsp3) is 0.467. The molecule has 5 heteroatoms. The van der Waals surface area contributed by atoms with E-state index >= 15 is 0 Å². The van der Waals surface area contributed by atoms with Crippen molar-refractivity contribution >= 4 is 23.3 Å². The molecule has 20 heavy (non-hydrogen) atoms. The molecule has 1 rings (SSSR count). The zero-order chi connectivity index (χ0) is 15.3. The molecule has 0 spiro atoms. The third-order valence-corrected chi connectivity index (χ3v) is 3.16. The number of aryl methyl sites for hydroxylation is 1. The Balaban J connectivity index is 2.57. The summed E-state index contributed by atoms with van der Waals surface area (Å²) in [6, 6.07) is 4.85. The van der Waals surface area contributed by atoms with Gasteiger partial charge in [-0.2, -0.15) is 0 Å². The number of halogens is 1. The summed E-state index contributed by atoms with van der Waals surface area (Å²) in [6.07, 6.45) is 0. The number of carbonyl (C=O) groups is 2. The lowest BCUT2D eigenvalue weighted by Crippen LogP contribution is -2.45. The van der Waals surface area contributed by atoms with Crippen LogP contribution in [0.1, 0.15) is 26.3 Å². The Morgan fingerprint density at radius 3 is 2.50 bits per heavy atom. The number of hydrogen-bond acceptors (Lipinski definition) is 3. The molecule has 0 aliphatic rings. The van der Waals surface area contributed by atoms with Crippen LogP contribution in [0.2, 0.25) is 5.02 Å². The molecular formula is C15H20ClNO3. The monoisotopic (exact) mass is 297 g/mol. The Morgan fingerprint density at radius 2 is 2.00 bits per heavy atom. The summed E-state index contributed by atoms with van der Waals surface area (Å²) in [5, 5.41) is 3.12. The number of Topliss-reactive ketones (excluding diaryl/α,β-unsaturated/α-hetero) is 1. The Labute approximate surface area is 124 Å². The molecule has 1 N–H and O–H groups in total. The highest BCUT2D eigenvalue weighted by Crippen LogP contribution is 2.24. The standard InChI is InChI=1S/C15H20ClNO3/c1-9(2)15(11(4)18)17-14(19)8-20-13-6-5-10(3)7-12(13)16/h5-7,9,15H,8H2,1-4H3,(H,17,19). The first kappa shape index (κ1) is 16.5. The number of ketones is 1. The second-order valence-electron chi connectivity index (χ2n) is 5.12. The summed E-state index contributed by atoms with van der Waals surface area (Å²) in [4.78, 5) is 23.2. The fourth-order valence-electron chi connectivity index (χ4n) is 1.82. The molecule has 0 saturated heterocycles. The van der Waals surface area contributed by atoms with Gasteiger partial charge in [0.2, 0.25) is 0 Å². The van der Waals surface area contributed by atoms with Gasteiger partial charge in [-0.15, -0.1) is 0 Å². The molecule has 1 atom stereocenters. The molecule has 1 aromatic carbocycles. The third kappa shape index (κ3) is 4.85. The van der Waals surface area contributed by atoms with Crippen LogP contribution in [0.25, 0.3) is 0 Å². The Morgan fingerprint density at radius 1 is 1.35 bits per heavy atom. The lowest BCUT2D eigenvalue weighted by molar-refractivity contribution is -0.129. The molecule has 1 amide bonds. The maximum Gasteiger partial charge on any atom is 0.258 e. The molecule has 0 radical (unpaired) electrons. The van der Waals surface area contributed by atoms with Crippen LogP contribution in [0, 0.1) is 12.8 Å². The molecule has 4 nitrogen and oxygen atoms in total. The van der Waals surface area contributed by atoms with Gasteiger partial charge < -0.3 is 10.1 Å². The van der Waals surface area contributed by atoms with E-state index < -0.39 is 6.04 Å². The van der Waals surface area contributed by atoms with E-state index in [-0.39, 0.29) is 24.2 Å². The fourth-order valence-corrected chi connectivity index (χ4v) is 2.11. The number of ether oxygens (including phenoxy) is 1. The summed E-state index contributed by atoms with van der Waals surface area (Å²) >= 11 is 6.01. The van der Waals surface area contributed by atoms with Crippen LogP contribution in [0.15, 0.2) is 18.2 Å². The van der Waals surface area contributed by atoms with E-state index in [1.54, 1.807) is 12.1 Å². The van der Waals surface area contributed by atoms with E-state index in [1.807, 2.05) is 26.8 Å². The van der Waals surface area contributed by atoms with E-state index in [9.17, 15) is 9.59 Å². The van der Waals surface area contributed by atoms with Crippen LogP contribution in [-0.2, 0) is 9.59 Å². The Hall–Kier alpha value is -1.55. The number of amides is 1. The average Bonchev–Trinajstić information content (AvgIpc) is 2.34. The molecule has 0 fully saturated rings. The van der Waals surface area contributed by atoms with E-state index in [0.29, 0.717) is 10.8 Å². The SMILES string of the molecule is CC(=O)C(NC(=O)COc1ccc(C)cc1Cl)C(C)C. The number of rotatable bonds is 6. The van der Waals surface area contributed by atoms with E-state index in [1.165, 1.54) is 6.92 Å². The average molecular weight is 298 g/mol. The van der Waals surface area contributed by atoms with Gasteiger partial charge in [-0.1, -0.05) is 31.5 Å². The summed E-state index contributed by atoms with van der Waals surface area (Å²) in [6.45, 7) is 6.97. The first-order valence-electron chi connectivity index (χ1n) is 6.50. The van der Waals surface area contributed by atoms with Crippen molar-refractivity contribution in [3.8, 4) is 5.75 Å². The van der Waals surface area contributed by atoms with Gasteiger partial charge in [-0.05, 0) is 37.5 Å². The van der Waals surface area contributed by atoms with Gasteiger partial charge >= 0.3 is 0 Å². The normalized spacial score (nSPS) is 12.1. The summed E-state index contributed by atoms with van der Waals surface area (Å²) in [7, 11) is 0. The first-order chi connectivity index (χ1) is 9.31.